The molecule has 1 aromatic carbocycles. The van der Waals surface area contributed by atoms with Gasteiger partial charge in [0, 0.05) is 10.9 Å². The number of aromatic nitrogens is 3. The van der Waals surface area contributed by atoms with Gasteiger partial charge in [-0.25, -0.2) is 4.98 Å². The molecule has 0 aliphatic carbocycles. The third-order valence-corrected chi connectivity index (χ3v) is 7.16. The van der Waals surface area contributed by atoms with Crippen LogP contribution >= 0.6 is 11.3 Å². The summed E-state index contributed by atoms with van der Waals surface area (Å²) in [6.07, 6.45) is 1.58. The maximum atomic E-state index is 13.2. The molecule has 12 heteroatoms. The predicted octanol–water partition coefficient (Wildman–Crippen LogP) is 2.62. The molecule has 0 unspecified atom stereocenters. The van der Waals surface area contributed by atoms with E-state index in [2.05, 4.69) is 35.5 Å². The van der Waals surface area contributed by atoms with Crippen molar-refractivity contribution in [2.24, 2.45) is 0 Å². The zero-order chi connectivity index (χ0) is 25.4. The predicted molar refractivity (Wildman–Crippen MR) is 136 cm³/mol. The summed E-state index contributed by atoms with van der Waals surface area (Å²) in [5, 5.41) is 19.0. The number of hydrogen-bond acceptors (Lipinski definition) is 10. The Morgan fingerprint density at radius 1 is 1.25 bits per heavy atom. The molecule has 1 fully saturated rings. The number of carbonyl (C=O) groups is 1. The first-order chi connectivity index (χ1) is 17.4. The summed E-state index contributed by atoms with van der Waals surface area (Å²) in [7, 11) is 0. The van der Waals surface area contributed by atoms with Crippen LogP contribution in [0.1, 0.15) is 40.6 Å². The molecule has 5 rings (SSSR count). The summed E-state index contributed by atoms with van der Waals surface area (Å²) < 4.78 is 10.6. The number of amides is 1. The van der Waals surface area contributed by atoms with Crippen LogP contribution < -0.4 is 26.6 Å². The topological polar surface area (TPSA) is 160 Å². The molecule has 3 aromatic heterocycles. The minimum Gasteiger partial charge on any atom is -0.397 e. The number of ether oxygens (including phenoxy) is 1. The highest BCUT2D eigenvalue weighted by Crippen LogP contribution is 2.43. The van der Waals surface area contributed by atoms with E-state index in [1.165, 1.54) is 4.79 Å². The minimum atomic E-state index is -0.473. The first-order valence-electron chi connectivity index (χ1n) is 11.4. The van der Waals surface area contributed by atoms with Crippen molar-refractivity contribution >= 4 is 44.9 Å². The highest BCUT2D eigenvalue weighted by Gasteiger charge is 2.27. The third kappa shape index (κ3) is 4.19. The SMILES string of the molecule is CC(C)c1ccc(-c2c(C#N)c(N)nc3sc(C(=O)Nc4c[n+](N5CCOCC5)no4)c(N)c23)cc1. The van der Waals surface area contributed by atoms with Gasteiger partial charge in [-0.3, -0.25) is 14.6 Å². The Bertz CT molecular complexity index is 1480. The number of fused-ring (bicyclic) bond motifs is 1. The molecule has 5 N–H and O–H groups in total. The second-order valence-corrected chi connectivity index (χ2v) is 9.67. The number of nitrogens with two attached hydrogens (primary N) is 2. The Balaban J connectivity index is 1.52. The standard InChI is InChI=1S/C24H24N8O3S/c1-13(2)14-3-5-15(6-4-14)18-16(11-25)22(27)29-24-19(18)20(26)21(36-24)23(33)28-17-12-32(30-35-17)31-7-9-34-10-8-31/h3-6,12-13H,7-10H2,1-2H3,(H4-,26,27,28,29,30,33)/p+1. The highest BCUT2D eigenvalue weighted by atomic mass is 32.1. The summed E-state index contributed by atoms with van der Waals surface area (Å²) in [6, 6.07) is 10.0. The zero-order valence-corrected chi connectivity index (χ0v) is 20.6. The number of benzene rings is 1. The van der Waals surface area contributed by atoms with Crippen molar-refractivity contribution in [3.8, 4) is 17.2 Å². The van der Waals surface area contributed by atoms with E-state index in [4.69, 9.17) is 20.7 Å². The van der Waals surface area contributed by atoms with E-state index in [-0.39, 0.29) is 27.8 Å². The highest BCUT2D eigenvalue weighted by molar-refractivity contribution is 7.21. The van der Waals surface area contributed by atoms with Crippen LogP contribution in [0.2, 0.25) is 0 Å². The third-order valence-electron chi connectivity index (χ3n) is 6.06. The molecule has 184 valence electrons. The lowest BCUT2D eigenvalue weighted by Gasteiger charge is -2.18. The van der Waals surface area contributed by atoms with E-state index >= 15 is 0 Å². The molecule has 4 heterocycles. The molecule has 0 spiro atoms. The summed E-state index contributed by atoms with van der Waals surface area (Å²) in [4.78, 5) is 19.8. The molecule has 0 bridgehead atoms. The first kappa shape index (κ1) is 23.5. The van der Waals surface area contributed by atoms with E-state index in [9.17, 15) is 10.1 Å². The molecule has 1 amide bonds. The van der Waals surface area contributed by atoms with E-state index < -0.39 is 5.91 Å². The van der Waals surface area contributed by atoms with Crippen LogP contribution in [0, 0.1) is 11.3 Å². The fourth-order valence-electron chi connectivity index (χ4n) is 4.13. The quantitative estimate of drug-likeness (QED) is 0.346. The van der Waals surface area contributed by atoms with Crippen LogP contribution in [0.3, 0.4) is 0 Å². The lowest BCUT2D eigenvalue weighted by Crippen LogP contribution is -2.62. The number of thiophene rings is 1. The molecule has 1 aliphatic rings. The Hall–Kier alpha value is -4.21. The number of rotatable bonds is 5. The molecule has 4 aromatic rings. The van der Waals surface area contributed by atoms with Gasteiger partial charge >= 0.3 is 5.88 Å². The molecule has 1 saturated heterocycles. The van der Waals surface area contributed by atoms with Crippen molar-refractivity contribution in [2.75, 3.05) is 48.1 Å². The zero-order valence-electron chi connectivity index (χ0n) is 19.8. The summed E-state index contributed by atoms with van der Waals surface area (Å²) in [6.45, 7) is 6.70. The van der Waals surface area contributed by atoms with Gasteiger partial charge in [-0.1, -0.05) is 38.1 Å². The second-order valence-electron chi connectivity index (χ2n) is 8.67. The molecule has 36 heavy (non-hydrogen) atoms. The van der Waals surface area contributed by atoms with Crippen molar-refractivity contribution in [2.45, 2.75) is 19.8 Å². The Kier molecular flexibility index (Phi) is 6.17. The number of anilines is 3. The van der Waals surface area contributed by atoms with Gasteiger partial charge in [-0.05, 0) is 17.0 Å². The second kappa shape index (κ2) is 9.44. The molecular weight excluding hydrogens is 480 g/mol. The van der Waals surface area contributed by atoms with Gasteiger partial charge < -0.3 is 16.2 Å². The monoisotopic (exact) mass is 505 g/mol. The summed E-state index contributed by atoms with van der Waals surface area (Å²) in [5.41, 5.74) is 15.6. The Labute approximate surface area is 210 Å². The van der Waals surface area contributed by atoms with Gasteiger partial charge in [0.1, 0.15) is 27.2 Å². The minimum absolute atomic E-state index is 0.0860. The van der Waals surface area contributed by atoms with Crippen LogP contribution in [-0.4, -0.2) is 42.5 Å². The maximum Gasteiger partial charge on any atom is 0.306 e. The molecule has 0 saturated carbocycles. The number of nitrogen functional groups attached to an aromatic ring is 2. The molecule has 11 nitrogen and oxygen atoms in total. The van der Waals surface area contributed by atoms with E-state index in [0.29, 0.717) is 48.0 Å². The van der Waals surface area contributed by atoms with Gasteiger partial charge in [0.05, 0.1) is 36.8 Å². The normalized spacial score (nSPS) is 13.8. The van der Waals surface area contributed by atoms with Crippen LogP contribution in [0.4, 0.5) is 17.4 Å². The smallest absolute Gasteiger partial charge is 0.306 e. The van der Waals surface area contributed by atoms with Crippen molar-refractivity contribution in [1.82, 2.24) is 10.3 Å². The average molecular weight is 506 g/mol. The summed E-state index contributed by atoms with van der Waals surface area (Å²) in [5.74, 6) is 0.136. The van der Waals surface area contributed by atoms with Gasteiger partial charge in [0.25, 0.3) is 12.1 Å². The summed E-state index contributed by atoms with van der Waals surface area (Å²) >= 11 is 1.10. The molecule has 1 aliphatic heterocycles. The number of nitrogens with one attached hydrogen (secondary N) is 1. The molecular formula is C24H25N8O3S+. The van der Waals surface area contributed by atoms with Gasteiger partial charge in [0.2, 0.25) is 5.27 Å². The lowest BCUT2D eigenvalue weighted by atomic mass is 9.94. The fourth-order valence-corrected chi connectivity index (χ4v) is 5.14. The van der Waals surface area contributed by atoms with E-state index in [1.807, 2.05) is 29.3 Å². The molecule has 0 radical (unpaired) electrons. The van der Waals surface area contributed by atoms with Crippen LogP contribution in [0.25, 0.3) is 21.3 Å². The number of pyridine rings is 1. The van der Waals surface area contributed by atoms with Crippen molar-refractivity contribution < 1.29 is 18.8 Å². The van der Waals surface area contributed by atoms with Crippen LogP contribution in [0.15, 0.2) is 35.0 Å². The first-order valence-corrected chi connectivity index (χ1v) is 12.2. The van der Waals surface area contributed by atoms with Crippen molar-refractivity contribution in [3.63, 3.8) is 0 Å². The number of morpholine rings is 1. The van der Waals surface area contributed by atoms with Crippen LogP contribution in [-0.2, 0) is 4.74 Å². The van der Waals surface area contributed by atoms with E-state index in [0.717, 1.165) is 22.5 Å². The Morgan fingerprint density at radius 3 is 2.64 bits per heavy atom. The van der Waals surface area contributed by atoms with E-state index in [1.54, 1.807) is 6.20 Å². The van der Waals surface area contributed by atoms with Crippen LogP contribution in [0.5, 0.6) is 0 Å². The fraction of sp³-hybridized carbons (Fsp3) is 0.292. The lowest BCUT2D eigenvalue weighted by molar-refractivity contribution is -0.759. The van der Waals surface area contributed by atoms with Gasteiger partial charge in [-0.2, -0.15) is 5.26 Å². The molecule has 0 atom stereocenters. The van der Waals surface area contributed by atoms with Gasteiger partial charge in [0.15, 0.2) is 0 Å². The maximum absolute atomic E-state index is 13.2. The largest absolute Gasteiger partial charge is 0.397 e. The number of nitriles is 1. The number of carbonyl (C=O) groups excluding carboxylic acids is 1. The average Bonchev–Trinajstić information content (AvgIpc) is 3.48. The van der Waals surface area contributed by atoms with Crippen molar-refractivity contribution in [3.05, 3.63) is 46.5 Å². The number of hydrogen-bond donors (Lipinski definition) is 3. The Morgan fingerprint density at radius 2 is 1.97 bits per heavy atom. The number of nitrogens with zero attached hydrogens (tertiary/aromatic N) is 5. The van der Waals surface area contributed by atoms with Crippen molar-refractivity contribution in [1.29, 1.82) is 5.26 Å². The van der Waals surface area contributed by atoms with Gasteiger partial charge in [-0.15, -0.1) is 16.3 Å².